The van der Waals surface area contributed by atoms with Gasteiger partial charge in [-0.1, -0.05) is 17.8 Å². The van der Waals surface area contributed by atoms with Gasteiger partial charge in [0, 0.05) is 12.7 Å². The number of benzene rings is 1. The first-order valence-corrected chi connectivity index (χ1v) is 10.7. The summed E-state index contributed by atoms with van der Waals surface area (Å²) in [7, 11) is 0. The Balaban J connectivity index is 1.54. The molecule has 0 saturated carbocycles. The summed E-state index contributed by atoms with van der Waals surface area (Å²) in [6, 6.07) is 7.92. The molecule has 3 heterocycles. The molecular formula is C19H19N3O4S2. The molecule has 0 unspecified atom stereocenters. The lowest BCUT2D eigenvalue weighted by Crippen LogP contribution is -2.17. The number of hydrogen-bond donors (Lipinski definition) is 2. The third-order valence-electron chi connectivity index (χ3n) is 4.48. The van der Waals surface area contributed by atoms with E-state index in [1.54, 1.807) is 11.3 Å². The van der Waals surface area contributed by atoms with Gasteiger partial charge in [0.1, 0.15) is 11.5 Å². The van der Waals surface area contributed by atoms with Gasteiger partial charge in [-0.15, -0.1) is 21.5 Å². The van der Waals surface area contributed by atoms with Gasteiger partial charge in [-0.05, 0) is 36.4 Å². The first kappa shape index (κ1) is 19.0. The monoisotopic (exact) mass is 417 g/mol. The van der Waals surface area contributed by atoms with E-state index in [-0.39, 0.29) is 34.7 Å². The zero-order valence-corrected chi connectivity index (χ0v) is 16.6. The van der Waals surface area contributed by atoms with Gasteiger partial charge >= 0.3 is 0 Å². The predicted octanol–water partition coefficient (Wildman–Crippen LogP) is 3.57. The van der Waals surface area contributed by atoms with Crippen molar-refractivity contribution in [1.29, 1.82) is 0 Å². The maximum absolute atomic E-state index is 12.5. The number of Topliss-reactive ketones (excluding diaryl/α,β-unsaturated/α-hetero) is 1. The molecular weight excluding hydrogens is 398 g/mol. The SMILES string of the molecule is O=C(CSc1nnc(-c2cccs2)n1C[C@H]1CCCO1)c1ccc(O)cc1O. The van der Waals surface area contributed by atoms with Crippen LogP contribution in [0, 0.1) is 0 Å². The summed E-state index contributed by atoms with van der Waals surface area (Å²) in [5.41, 5.74) is 0.175. The van der Waals surface area contributed by atoms with E-state index < -0.39 is 0 Å². The van der Waals surface area contributed by atoms with Crippen LogP contribution in [0.2, 0.25) is 0 Å². The van der Waals surface area contributed by atoms with Gasteiger partial charge in [0.15, 0.2) is 16.8 Å². The molecule has 0 radical (unpaired) electrons. The summed E-state index contributed by atoms with van der Waals surface area (Å²) < 4.78 is 7.78. The smallest absolute Gasteiger partial charge is 0.192 e. The largest absolute Gasteiger partial charge is 0.508 e. The fourth-order valence-electron chi connectivity index (χ4n) is 3.10. The van der Waals surface area contributed by atoms with Gasteiger partial charge in [0.2, 0.25) is 0 Å². The van der Waals surface area contributed by atoms with Crippen molar-refractivity contribution in [2.24, 2.45) is 0 Å². The van der Waals surface area contributed by atoms with Crippen LogP contribution < -0.4 is 0 Å². The number of nitrogens with zero attached hydrogens (tertiary/aromatic N) is 3. The third kappa shape index (κ3) is 4.06. The number of phenolic OH excluding ortho intramolecular Hbond substituents is 2. The van der Waals surface area contributed by atoms with Crippen LogP contribution in [0.5, 0.6) is 11.5 Å². The van der Waals surface area contributed by atoms with Crippen molar-refractivity contribution in [3.05, 3.63) is 41.3 Å². The van der Waals surface area contributed by atoms with Crippen molar-refractivity contribution in [3.63, 3.8) is 0 Å². The van der Waals surface area contributed by atoms with Crippen LogP contribution in [-0.4, -0.2) is 49.2 Å². The van der Waals surface area contributed by atoms with E-state index in [0.717, 1.165) is 36.2 Å². The number of ether oxygens (including phenoxy) is 1. The van der Waals surface area contributed by atoms with E-state index in [9.17, 15) is 15.0 Å². The highest BCUT2D eigenvalue weighted by Gasteiger charge is 2.23. The lowest BCUT2D eigenvalue weighted by molar-refractivity contribution is 0.0953. The summed E-state index contributed by atoms with van der Waals surface area (Å²) in [5.74, 6) is 0.316. The van der Waals surface area contributed by atoms with Crippen LogP contribution in [0.3, 0.4) is 0 Å². The Morgan fingerprint density at radius 1 is 1.32 bits per heavy atom. The molecule has 1 atom stereocenters. The Hall–Kier alpha value is -2.36. The van der Waals surface area contributed by atoms with Gasteiger partial charge in [0.05, 0.1) is 28.8 Å². The maximum atomic E-state index is 12.5. The molecule has 7 nitrogen and oxygen atoms in total. The Morgan fingerprint density at radius 2 is 2.21 bits per heavy atom. The molecule has 1 aliphatic rings. The van der Waals surface area contributed by atoms with E-state index in [2.05, 4.69) is 10.2 Å². The fourth-order valence-corrected chi connectivity index (χ4v) is 4.65. The van der Waals surface area contributed by atoms with Gasteiger partial charge in [0.25, 0.3) is 0 Å². The second-order valence-corrected chi connectivity index (χ2v) is 8.33. The Kier molecular flexibility index (Phi) is 5.65. The van der Waals surface area contributed by atoms with E-state index in [4.69, 9.17) is 4.74 Å². The highest BCUT2D eigenvalue weighted by atomic mass is 32.2. The summed E-state index contributed by atoms with van der Waals surface area (Å²) in [6.07, 6.45) is 2.15. The minimum absolute atomic E-state index is 0.0846. The quantitative estimate of drug-likeness (QED) is 0.448. The van der Waals surface area contributed by atoms with Gasteiger partial charge < -0.3 is 14.9 Å². The zero-order chi connectivity index (χ0) is 19.5. The number of thiophene rings is 1. The molecule has 1 aliphatic heterocycles. The number of rotatable bonds is 7. The lowest BCUT2D eigenvalue weighted by Gasteiger charge is -2.14. The number of phenols is 2. The van der Waals surface area contributed by atoms with Crippen molar-refractivity contribution in [3.8, 4) is 22.2 Å². The minimum atomic E-state index is -0.244. The predicted molar refractivity (Wildman–Crippen MR) is 107 cm³/mol. The number of thioether (sulfide) groups is 1. The molecule has 0 amide bonds. The zero-order valence-electron chi connectivity index (χ0n) is 14.9. The lowest BCUT2D eigenvalue weighted by atomic mass is 10.1. The molecule has 0 bridgehead atoms. The fraction of sp³-hybridized carbons (Fsp3) is 0.316. The molecule has 1 aromatic carbocycles. The van der Waals surface area contributed by atoms with Crippen LogP contribution in [0.25, 0.3) is 10.7 Å². The second-order valence-electron chi connectivity index (χ2n) is 6.44. The van der Waals surface area contributed by atoms with Crippen molar-refractivity contribution in [2.75, 3.05) is 12.4 Å². The van der Waals surface area contributed by atoms with Crippen LogP contribution in [0.4, 0.5) is 0 Å². The minimum Gasteiger partial charge on any atom is -0.508 e. The summed E-state index contributed by atoms with van der Waals surface area (Å²) in [4.78, 5) is 13.5. The van der Waals surface area contributed by atoms with Crippen molar-refractivity contribution in [2.45, 2.75) is 30.6 Å². The number of hydrogen-bond acceptors (Lipinski definition) is 8. The van der Waals surface area contributed by atoms with Crippen molar-refractivity contribution in [1.82, 2.24) is 14.8 Å². The van der Waals surface area contributed by atoms with E-state index in [1.165, 1.54) is 23.9 Å². The Morgan fingerprint density at radius 3 is 2.93 bits per heavy atom. The first-order chi connectivity index (χ1) is 13.6. The number of carbonyl (C=O) groups is 1. The van der Waals surface area contributed by atoms with Gasteiger partial charge in [-0.3, -0.25) is 9.36 Å². The third-order valence-corrected chi connectivity index (χ3v) is 6.32. The molecule has 2 N–H and O–H groups in total. The summed E-state index contributed by atoms with van der Waals surface area (Å²) >= 11 is 2.87. The molecule has 28 heavy (non-hydrogen) atoms. The van der Waals surface area contributed by atoms with Crippen LogP contribution in [-0.2, 0) is 11.3 Å². The molecule has 1 saturated heterocycles. The molecule has 0 spiro atoms. The molecule has 0 aliphatic carbocycles. The van der Waals surface area contributed by atoms with Crippen molar-refractivity contribution < 1.29 is 19.7 Å². The number of aromatic nitrogens is 3. The average Bonchev–Trinajstić information content (AvgIpc) is 3.42. The number of ketones is 1. The molecule has 9 heteroatoms. The summed E-state index contributed by atoms with van der Waals surface area (Å²) in [5, 5.41) is 30.5. The summed E-state index contributed by atoms with van der Waals surface area (Å²) in [6.45, 7) is 1.41. The highest BCUT2D eigenvalue weighted by Crippen LogP contribution is 2.30. The van der Waals surface area contributed by atoms with Gasteiger partial charge in [-0.25, -0.2) is 0 Å². The first-order valence-electron chi connectivity index (χ1n) is 8.88. The molecule has 3 aromatic rings. The van der Waals surface area contributed by atoms with Crippen LogP contribution in [0.1, 0.15) is 23.2 Å². The van der Waals surface area contributed by atoms with Crippen LogP contribution in [0.15, 0.2) is 40.9 Å². The van der Waals surface area contributed by atoms with Gasteiger partial charge in [-0.2, -0.15) is 0 Å². The second kappa shape index (κ2) is 8.34. The Labute approximate surface area is 170 Å². The van der Waals surface area contributed by atoms with E-state index in [1.807, 2.05) is 22.1 Å². The molecule has 146 valence electrons. The highest BCUT2D eigenvalue weighted by molar-refractivity contribution is 7.99. The molecule has 4 rings (SSSR count). The maximum Gasteiger partial charge on any atom is 0.192 e. The van der Waals surface area contributed by atoms with E-state index in [0.29, 0.717) is 11.7 Å². The topological polar surface area (TPSA) is 97.5 Å². The Bertz CT molecular complexity index is 966. The van der Waals surface area contributed by atoms with Crippen molar-refractivity contribution >= 4 is 28.9 Å². The normalized spacial score (nSPS) is 16.5. The number of carbonyl (C=O) groups excluding carboxylic acids is 1. The van der Waals surface area contributed by atoms with E-state index >= 15 is 0 Å². The molecule has 1 fully saturated rings. The average molecular weight is 418 g/mol. The van der Waals surface area contributed by atoms with Crippen LogP contribution >= 0.6 is 23.1 Å². The molecule has 2 aromatic heterocycles. The standard InChI is InChI=1S/C19H19N3O4S2/c23-12-5-6-14(15(24)9-12)16(25)11-28-19-21-20-18(17-4-2-8-27-17)22(19)10-13-3-1-7-26-13/h2,4-6,8-9,13,23-24H,1,3,7,10-11H2/t13-/m1/s1. The number of aromatic hydroxyl groups is 2.